The molecule has 1 aromatic rings. The van der Waals surface area contributed by atoms with Gasteiger partial charge in [-0.15, -0.1) is 0 Å². The molecule has 1 aliphatic heterocycles. The Kier molecular flexibility index (Phi) is 7.76. The van der Waals surface area contributed by atoms with Crippen molar-refractivity contribution in [3.8, 4) is 11.5 Å². The van der Waals surface area contributed by atoms with Crippen LogP contribution >= 0.6 is 0 Å². The molecule has 3 N–H and O–H groups in total. The van der Waals surface area contributed by atoms with E-state index in [2.05, 4.69) is 27.3 Å². The molecule has 0 saturated heterocycles. The molecule has 1 unspecified atom stereocenters. The lowest BCUT2D eigenvalue weighted by molar-refractivity contribution is 0.254. The molecule has 29 heavy (non-hydrogen) atoms. The quantitative estimate of drug-likeness (QED) is 0.411. The van der Waals surface area contributed by atoms with Crippen molar-refractivity contribution in [1.82, 2.24) is 15.4 Å². The largest absolute Gasteiger partial charge is 0.494 e. The van der Waals surface area contributed by atoms with Crippen LogP contribution in [0.5, 0.6) is 11.5 Å². The van der Waals surface area contributed by atoms with E-state index in [-0.39, 0.29) is 6.10 Å². The van der Waals surface area contributed by atoms with Crippen LogP contribution in [0, 0.1) is 0 Å². The van der Waals surface area contributed by atoms with E-state index in [9.17, 15) is 8.42 Å². The molecule has 9 heteroatoms. The molecule has 0 aromatic heterocycles. The molecule has 2 rings (SSSR count). The fourth-order valence-electron chi connectivity index (χ4n) is 3.24. The van der Waals surface area contributed by atoms with Crippen LogP contribution in [0.25, 0.3) is 0 Å². The maximum atomic E-state index is 11.5. The van der Waals surface area contributed by atoms with Gasteiger partial charge in [0.1, 0.15) is 17.6 Å². The lowest BCUT2D eigenvalue weighted by Gasteiger charge is -2.26. The van der Waals surface area contributed by atoms with Gasteiger partial charge >= 0.3 is 0 Å². The highest BCUT2D eigenvalue weighted by Crippen LogP contribution is 2.35. The van der Waals surface area contributed by atoms with Gasteiger partial charge in [0.25, 0.3) is 0 Å². The maximum Gasteiger partial charge on any atom is 0.209 e. The Bertz CT molecular complexity index is 837. The average molecular weight is 427 g/mol. The van der Waals surface area contributed by atoms with Gasteiger partial charge in [0.2, 0.25) is 10.0 Å². The Morgan fingerprint density at radius 2 is 2.03 bits per heavy atom. The number of ether oxygens (including phenoxy) is 2. The predicted octanol–water partition coefficient (Wildman–Crippen LogP) is 1.79. The molecule has 1 aliphatic rings. The lowest BCUT2D eigenvalue weighted by Crippen LogP contribution is -2.53. The van der Waals surface area contributed by atoms with Crippen molar-refractivity contribution >= 4 is 16.0 Å². The zero-order valence-electron chi connectivity index (χ0n) is 18.3. The van der Waals surface area contributed by atoms with E-state index in [1.807, 2.05) is 39.8 Å². The first-order valence-electron chi connectivity index (χ1n) is 9.99. The number of rotatable bonds is 9. The van der Waals surface area contributed by atoms with Crippen LogP contribution in [0.1, 0.15) is 45.7 Å². The van der Waals surface area contributed by atoms with Crippen molar-refractivity contribution in [1.29, 1.82) is 0 Å². The zero-order chi connectivity index (χ0) is 21.7. The van der Waals surface area contributed by atoms with Crippen LogP contribution < -0.4 is 24.8 Å². The summed E-state index contributed by atoms with van der Waals surface area (Å²) in [7, 11) is -3.30. The summed E-state index contributed by atoms with van der Waals surface area (Å²) >= 11 is 0. The van der Waals surface area contributed by atoms with Gasteiger partial charge in [0.15, 0.2) is 5.96 Å². The Hall–Kier alpha value is -2.00. The third kappa shape index (κ3) is 7.40. The average Bonchev–Trinajstić information content (AvgIpc) is 2.94. The topological polar surface area (TPSA) is 101 Å². The summed E-state index contributed by atoms with van der Waals surface area (Å²) in [5.41, 5.74) is 1.45. The third-order valence-corrected chi connectivity index (χ3v) is 5.21. The Labute approximate surface area is 174 Å². The van der Waals surface area contributed by atoms with Crippen LogP contribution in [0.15, 0.2) is 17.1 Å². The fourth-order valence-corrected chi connectivity index (χ4v) is 4.32. The van der Waals surface area contributed by atoms with Crippen LogP contribution in [0.2, 0.25) is 0 Å². The first-order valence-corrected chi connectivity index (χ1v) is 11.9. The molecular weight excluding hydrogens is 392 g/mol. The molecule has 8 nitrogen and oxygen atoms in total. The van der Waals surface area contributed by atoms with Crippen LogP contribution in [0.3, 0.4) is 0 Å². The molecule has 1 heterocycles. The third-order valence-electron chi connectivity index (χ3n) is 4.29. The van der Waals surface area contributed by atoms with Crippen LogP contribution in [0.4, 0.5) is 0 Å². The monoisotopic (exact) mass is 426 g/mol. The number of aliphatic imine (C=N–C) groups is 1. The number of nitrogens with one attached hydrogen (secondary N) is 3. The second-order valence-corrected chi connectivity index (χ2v) is 9.69. The Balaban J connectivity index is 2.14. The highest BCUT2D eigenvalue weighted by atomic mass is 32.2. The van der Waals surface area contributed by atoms with Gasteiger partial charge in [-0.3, -0.25) is 0 Å². The second-order valence-electron chi connectivity index (χ2n) is 7.94. The molecule has 0 radical (unpaired) electrons. The molecule has 1 aromatic carbocycles. The van der Waals surface area contributed by atoms with E-state index in [1.165, 1.54) is 0 Å². The van der Waals surface area contributed by atoms with Crippen LogP contribution in [-0.4, -0.2) is 52.0 Å². The van der Waals surface area contributed by atoms with Gasteiger partial charge in [0.05, 0.1) is 19.4 Å². The number of fused-ring (bicyclic) bond motifs is 1. The highest BCUT2D eigenvalue weighted by molar-refractivity contribution is 7.88. The summed E-state index contributed by atoms with van der Waals surface area (Å²) in [6.45, 7) is 11.7. The van der Waals surface area contributed by atoms with E-state index in [4.69, 9.17) is 9.47 Å². The minimum Gasteiger partial charge on any atom is -0.494 e. The second kappa shape index (κ2) is 9.67. The fraction of sp³-hybridized carbons (Fsp3) is 0.650. The summed E-state index contributed by atoms with van der Waals surface area (Å²) in [5.74, 6) is 2.32. The molecule has 164 valence electrons. The van der Waals surface area contributed by atoms with E-state index in [0.29, 0.717) is 32.2 Å². The Morgan fingerprint density at radius 3 is 2.66 bits per heavy atom. The summed E-state index contributed by atoms with van der Waals surface area (Å²) < 4.78 is 37.4. The molecule has 0 aliphatic carbocycles. The van der Waals surface area contributed by atoms with E-state index in [1.54, 1.807) is 0 Å². The normalized spacial score (nSPS) is 16.9. The van der Waals surface area contributed by atoms with Gasteiger partial charge in [-0.25, -0.2) is 18.1 Å². The number of nitrogens with zero attached hydrogens (tertiary/aromatic N) is 1. The van der Waals surface area contributed by atoms with E-state index < -0.39 is 15.6 Å². The van der Waals surface area contributed by atoms with E-state index in [0.717, 1.165) is 35.3 Å². The summed E-state index contributed by atoms with van der Waals surface area (Å²) in [6, 6.07) is 4.05. The minimum atomic E-state index is -3.30. The van der Waals surface area contributed by atoms with Crippen molar-refractivity contribution in [2.45, 2.75) is 59.2 Å². The van der Waals surface area contributed by atoms with Crippen molar-refractivity contribution < 1.29 is 17.9 Å². The molecule has 1 atom stereocenters. The summed E-state index contributed by atoms with van der Waals surface area (Å²) in [4.78, 5) is 4.65. The smallest absolute Gasteiger partial charge is 0.209 e. The standard InChI is InChI=1S/C20H34N4O4S/c1-7-21-19(23-13-20(4,5)24-29(6,25)26)22-12-16-11-18-15(9-14(3)28-18)10-17(16)27-8-2/h10-11,14,24H,7-9,12-13H2,1-6H3,(H2,21,22,23). The van der Waals surface area contributed by atoms with Gasteiger partial charge < -0.3 is 20.1 Å². The van der Waals surface area contributed by atoms with E-state index >= 15 is 0 Å². The van der Waals surface area contributed by atoms with Crippen molar-refractivity contribution in [2.24, 2.45) is 4.99 Å². The maximum absolute atomic E-state index is 11.5. The number of benzene rings is 1. The molecule has 0 amide bonds. The molecule has 0 saturated carbocycles. The van der Waals surface area contributed by atoms with Gasteiger partial charge in [-0.1, -0.05) is 0 Å². The number of hydrogen-bond donors (Lipinski definition) is 3. The highest BCUT2D eigenvalue weighted by Gasteiger charge is 2.23. The van der Waals surface area contributed by atoms with Crippen LogP contribution in [-0.2, 0) is 23.0 Å². The SMILES string of the molecule is CCNC(=NCc1cc2c(cc1OCC)CC(C)O2)NCC(C)(C)NS(C)(=O)=O. The Morgan fingerprint density at radius 1 is 1.31 bits per heavy atom. The summed E-state index contributed by atoms with van der Waals surface area (Å²) in [5, 5.41) is 6.39. The zero-order valence-corrected chi connectivity index (χ0v) is 19.1. The van der Waals surface area contributed by atoms with Crippen molar-refractivity contribution in [2.75, 3.05) is 26.0 Å². The molecule has 0 fully saturated rings. The van der Waals surface area contributed by atoms with Crippen molar-refractivity contribution in [3.05, 3.63) is 23.3 Å². The first-order chi connectivity index (χ1) is 13.5. The lowest BCUT2D eigenvalue weighted by atomic mass is 10.1. The predicted molar refractivity (Wildman–Crippen MR) is 116 cm³/mol. The molecule has 0 spiro atoms. The van der Waals surface area contributed by atoms with Gasteiger partial charge in [0, 0.05) is 36.2 Å². The number of guanidine groups is 1. The molecule has 0 bridgehead atoms. The minimum absolute atomic E-state index is 0.168. The van der Waals surface area contributed by atoms with Crippen molar-refractivity contribution in [3.63, 3.8) is 0 Å². The van der Waals surface area contributed by atoms with Gasteiger partial charge in [-0.05, 0) is 46.8 Å². The first kappa shape index (κ1) is 23.3. The van der Waals surface area contributed by atoms with Gasteiger partial charge in [-0.2, -0.15) is 0 Å². The number of sulfonamides is 1. The summed E-state index contributed by atoms with van der Waals surface area (Å²) in [6.07, 6.45) is 2.20. The molecular formula is C20H34N4O4S. The number of hydrogen-bond acceptors (Lipinski definition) is 5.